The molecule has 0 spiro atoms. The molecule has 0 aromatic carbocycles. The Morgan fingerprint density at radius 1 is 1.00 bits per heavy atom. The predicted molar refractivity (Wildman–Crippen MR) is 71.6 cm³/mol. The van der Waals surface area contributed by atoms with Gasteiger partial charge in [0.2, 0.25) is 11.8 Å². The maximum atomic E-state index is 11.7. The molecule has 1 saturated carbocycles. The topological polar surface area (TPSA) is 70.2 Å². The lowest BCUT2D eigenvalue weighted by Crippen LogP contribution is -2.43. The highest BCUT2D eigenvalue weighted by Crippen LogP contribution is 2.28. The number of rotatable bonds is 5. The van der Waals surface area contributed by atoms with Gasteiger partial charge in [0.25, 0.3) is 0 Å². The molecule has 1 saturated heterocycles. The van der Waals surface area contributed by atoms with Crippen molar-refractivity contribution < 1.29 is 9.59 Å². The molecule has 0 bridgehead atoms. The maximum absolute atomic E-state index is 11.7. The van der Waals surface area contributed by atoms with E-state index < -0.39 is 0 Å². The Bertz CT molecular complexity index is 289. The van der Waals surface area contributed by atoms with E-state index in [-0.39, 0.29) is 36.1 Å². The second-order valence-corrected chi connectivity index (χ2v) is 4.90. The van der Waals surface area contributed by atoms with Crippen LogP contribution < -0.4 is 16.0 Å². The van der Waals surface area contributed by atoms with Crippen LogP contribution in [0, 0.1) is 11.8 Å². The van der Waals surface area contributed by atoms with E-state index in [9.17, 15) is 9.59 Å². The standard InChI is InChI=1S/C12H21N3O2.ClH/c16-11(9-3-4-9)14-6-7-15-12(17)10-2-1-5-13-8-10;/h9-10,13H,1-8H2,(H,14,16)(H,15,17);1H. The van der Waals surface area contributed by atoms with E-state index in [4.69, 9.17) is 0 Å². The van der Waals surface area contributed by atoms with Crippen molar-refractivity contribution in [2.75, 3.05) is 26.2 Å². The molecule has 0 aromatic rings. The van der Waals surface area contributed by atoms with Crippen molar-refractivity contribution in [3.8, 4) is 0 Å². The number of piperidine rings is 1. The summed E-state index contributed by atoms with van der Waals surface area (Å²) in [6, 6.07) is 0. The number of carbonyl (C=O) groups is 2. The van der Waals surface area contributed by atoms with Crippen LogP contribution in [0.4, 0.5) is 0 Å². The van der Waals surface area contributed by atoms with Crippen LogP contribution in [0.2, 0.25) is 0 Å². The van der Waals surface area contributed by atoms with E-state index in [1.54, 1.807) is 0 Å². The lowest BCUT2D eigenvalue weighted by atomic mass is 9.99. The predicted octanol–water partition coefficient (Wildman–Crippen LogP) is 0.0502. The molecule has 1 aliphatic carbocycles. The Hall–Kier alpha value is -0.810. The largest absolute Gasteiger partial charge is 0.354 e. The molecule has 0 aromatic heterocycles. The normalized spacial score (nSPS) is 22.8. The summed E-state index contributed by atoms with van der Waals surface area (Å²) < 4.78 is 0. The van der Waals surface area contributed by atoms with Gasteiger partial charge in [-0.2, -0.15) is 0 Å². The quantitative estimate of drug-likeness (QED) is 0.621. The first-order valence-corrected chi connectivity index (χ1v) is 6.53. The average molecular weight is 276 g/mol. The molecule has 1 unspecified atom stereocenters. The first kappa shape index (κ1) is 15.2. The molecule has 2 amide bonds. The molecule has 6 heteroatoms. The number of nitrogens with one attached hydrogen (secondary N) is 3. The lowest BCUT2D eigenvalue weighted by Gasteiger charge is -2.21. The van der Waals surface area contributed by atoms with Crippen LogP contribution in [0.3, 0.4) is 0 Å². The number of hydrogen-bond donors (Lipinski definition) is 3. The van der Waals surface area contributed by atoms with E-state index in [0.29, 0.717) is 13.1 Å². The molecule has 2 fully saturated rings. The van der Waals surface area contributed by atoms with Gasteiger partial charge in [-0.3, -0.25) is 9.59 Å². The van der Waals surface area contributed by atoms with Gasteiger partial charge in [-0.25, -0.2) is 0 Å². The first-order valence-electron chi connectivity index (χ1n) is 6.53. The van der Waals surface area contributed by atoms with Crippen molar-refractivity contribution >= 4 is 24.2 Å². The van der Waals surface area contributed by atoms with Gasteiger partial charge in [-0.1, -0.05) is 0 Å². The van der Waals surface area contributed by atoms with Crippen LogP contribution in [0.1, 0.15) is 25.7 Å². The van der Waals surface area contributed by atoms with E-state index in [0.717, 1.165) is 38.8 Å². The zero-order chi connectivity index (χ0) is 12.1. The first-order chi connectivity index (χ1) is 8.27. The number of halogens is 1. The van der Waals surface area contributed by atoms with Crippen molar-refractivity contribution in [2.24, 2.45) is 11.8 Å². The Morgan fingerprint density at radius 3 is 2.11 bits per heavy atom. The van der Waals surface area contributed by atoms with Crippen molar-refractivity contribution in [3.63, 3.8) is 0 Å². The third kappa shape index (κ3) is 4.82. The van der Waals surface area contributed by atoms with E-state index in [1.165, 1.54) is 0 Å². The highest BCUT2D eigenvalue weighted by Gasteiger charge is 2.29. The molecular formula is C12H22ClN3O2. The third-order valence-electron chi connectivity index (χ3n) is 3.34. The van der Waals surface area contributed by atoms with E-state index in [1.807, 2.05) is 0 Å². The van der Waals surface area contributed by atoms with Gasteiger partial charge in [0.05, 0.1) is 5.92 Å². The Morgan fingerprint density at radius 2 is 1.61 bits per heavy atom. The summed E-state index contributed by atoms with van der Waals surface area (Å²) >= 11 is 0. The highest BCUT2D eigenvalue weighted by atomic mass is 35.5. The molecule has 0 radical (unpaired) electrons. The summed E-state index contributed by atoms with van der Waals surface area (Å²) in [6.45, 7) is 2.87. The third-order valence-corrected chi connectivity index (χ3v) is 3.34. The minimum atomic E-state index is 0. The zero-order valence-electron chi connectivity index (χ0n) is 10.5. The van der Waals surface area contributed by atoms with Crippen LogP contribution in [0.25, 0.3) is 0 Å². The molecule has 2 rings (SSSR count). The number of carbonyl (C=O) groups excluding carboxylic acids is 2. The van der Waals surface area contributed by atoms with Crippen LogP contribution in [-0.4, -0.2) is 38.0 Å². The Labute approximate surface area is 114 Å². The summed E-state index contributed by atoms with van der Waals surface area (Å²) in [5, 5.41) is 8.92. The molecule has 104 valence electrons. The van der Waals surface area contributed by atoms with Gasteiger partial charge < -0.3 is 16.0 Å². The molecule has 1 heterocycles. The molecule has 18 heavy (non-hydrogen) atoms. The molecule has 1 atom stereocenters. The minimum absolute atomic E-state index is 0. The molecule has 1 aliphatic heterocycles. The monoisotopic (exact) mass is 275 g/mol. The van der Waals surface area contributed by atoms with Crippen molar-refractivity contribution in [3.05, 3.63) is 0 Å². The van der Waals surface area contributed by atoms with Gasteiger partial charge in [0.15, 0.2) is 0 Å². The highest BCUT2D eigenvalue weighted by molar-refractivity contribution is 5.85. The Balaban J connectivity index is 0.00000162. The lowest BCUT2D eigenvalue weighted by molar-refractivity contribution is -0.126. The minimum Gasteiger partial charge on any atom is -0.354 e. The fourth-order valence-electron chi connectivity index (χ4n) is 2.08. The van der Waals surface area contributed by atoms with Gasteiger partial charge in [0.1, 0.15) is 0 Å². The van der Waals surface area contributed by atoms with Crippen LogP contribution in [-0.2, 0) is 9.59 Å². The van der Waals surface area contributed by atoms with E-state index >= 15 is 0 Å². The van der Waals surface area contributed by atoms with Gasteiger partial charge in [-0.05, 0) is 32.2 Å². The van der Waals surface area contributed by atoms with Crippen LogP contribution in [0.15, 0.2) is 0 Å². The second kappa shape index (κ2) is 7.59. The summed E-state index contributed by atoms with van der Waals surface area (Å²) in [5.41, 5.74) is 0. The van der Waals surface area contributed by atoms with Crippen LogP contribution >= 0.6 is 12.4 Å². The zero-order valence-corrected chi connectivity index (χ0v) is 11.4. The summed E-state index contributed by atoms with van der Waals surface area (Å²) in [4.78, 5) is 23.0. The second-order valence-electron chi connectivity index (χ2n) is 4.90. The van der Waals surface area contributed by atoms with Crippen molar-refractivity contribution in [2.45, 2.75) is 25.7 Å². The number of hydrogen-bond acceptors (Lipinski definition) is 3. The fourth-order valence-corrected chi connectivity index (χ4v) is 2.08. The number of amides is 2. The smallest absolute Gasteiger partial charge is 0.224 e. The van der Waals surface area contributed by atoms with Gasteiger partial charge in [-0.15, -0.1) is 12.4 Å². The van der Waals surface area contributed by atoms with Crippen molar-refractivity contribution in [1.29, 1.82) is 0 Å². The van der Waals surface area contributed by atoms with Gasteiger partial charge >= 0.3 is 0 Å². The SMILES string of the molecule is Cl.O=C(NCCNC(=O)C1CCCNC1)C1CC1. The summed E-state index contributed by atoms with van der Waals surface area (Å²) in [7, 11) is 0. The molecule has 2 aliphatic rings. The fraction of sp³-hybridized carbons (Fsp3) is 0.833. The summed E-state index contributed by atoms with van der Waals surface area (Å²) in [5.74, 6) is 0.590. The van der Waals surface area contributed by atoms with Gasteiger partial charge in [0, 0.05) is 25.6 Å². The van der Waals surface area contributed by atoms with Crippen LogP contribution in [0.5, 0.6) is 0 Å². The molecular weight excluding hydrogens is 254 g/mol. The molecule has 3 N–H and O–H groups in total. The maximum Gasteiger partial charge on any atom is 0.224 e. The Kier molecular flexibility index (Phi) is 6.43. The molecule has 5 nitrogen and oxygen atoms in total. The van der Waals surface area contributed by atoms with E-state index in [2.05, 4.69) is 16.0 Å². The average Bonchev–Trinajstić information content (AvgIpc) is 3.19. The summed E-state index contributed by atoms with van der Waals surface area (Å²) in [6.07, 6.45) is 4.07. The van der Waals surface area contributed by atoms with Crippen molar-refractivity contribution in [1.82, 2.24) is 16.0 Å².